The minimum atomic E-state index is -1.78. The highest BCUT2D eigenvalue weighted by molar-refractivity contribution is 6.89. The molecular weight excluding hydrogens is 1110 g/mol. The average molecular weight is 1200 g/mol. The van der Waals surface area contributed by atoms with Crippen LogP contribution in [0.15, 0.2) is 121 Å². The van der Waals surface area contributed by atoms with Gasteiger partial charge in [-0.05, 0) is 169 Å². The smallest absolute Gasteiger partial charge is 0.147 e. The molecule has 0 fully saturated rings. The number of phenolic OH excluding ortho intramolecular Hbond substituents is 2. The fourth-order valence-corrected chi connectivity index (χ4v) is 16.3. The average Bonchev–Trinajstić information content (AvgIpc) is 1.67. The fraction of sp³-hybridized carbons (Fsp3) is 0.377. The summed E-state index contributed by atoms with van der Waals surface area (Å²) >= 11 is 0. The summed E-state index contributed by atoms with van der Waals surface area (Å²) in [4.78, 5) is 0. The molecule has 0 radical (unpaired) electrons. The van der Waals surface area contributed by atoms with Crippen LogP contribution >= 0.6 is 0 Å². The zero-order chi connectivity index (χ0) is 63.4. The first-order chi connectivity index (χ1) is 40.4. The molecule has 0 unspecified atom stereocenters. The molecule has 0 bridgehead atoms. The SMILES string of the molecule is Cc1ccc2c(c1)c1cc([Si](C)(C)C)ccc1n2-c1cc(C(C)(C)CC(C)(C)C)cc(-c2cc(F)cc(C)c2OCCCOc2c(C)cc(F)cc2-c2cc(C(C)(C)CC(C)(C)C)cc(-n3c4cc(C)ccc4c4ccc([Si](C)(C)C)cc43)c2O)c1O. The van der Waals surface area contributed by atoms with E-state index in [1.54, 1.807) is 0 Å². The van der Waals surface area contributed by atoms with E-state index in [1.807, 2.05) is 26.0 Å². The second kappa shape index (κ2) is 22.5. The van der Waals surface area contributed by atoms with Crippen molar-refractivity contribution in [2.24, 2.45) is 10.8 Å². The summed E-state index contributed by atoms with van der Waals surface area (Å²) in [5, 5.41) is 33.1. The Bertz CT molecular complexity index is 4340. The van der Waals surface area contributed by atoms with Crippen LogP contribution in [0.25, 0.3) is 77.2 Å². The number of halogens is 2. The van der Waals surface area contributed by atoms with Gasteiger partial charge in [-0.1, -0.05) is 167 Å². The van der Waals surface area contributed by atoms with Crippen LogP contribution in [-0.4, -0.2) is 48.7 Å². The molecule has 10 aromatic rings. The Labute approximate surface area is 518 Å². The van der Waals surface area contributed by atoms with E-state index in [9.17, 15) is 10.2 Å². The van der Waals surface area contributed by atoms with Crippen molar-refractivity contribution in [2.45, 2.75) is 166 Å². The molecule has 2 heterocycles. The molecule has 2 N–H and O–H groups in total. The van der Waals surface area contributed by atoms with Crippen molar-refractivity contribution in [1.82, 2.24) is 9.13 Å². The monoisotopic (exact) mass is 1200 g/mol. The van der Waals surface area contributed by atoms with Gasteiger partial charge in [0.25, 0.3) is 0 Å². The van der Waals surface area contributed by atoms with E-state index in [2.05, 4.69) is 216 Å². The van der Waals surface area contributed by atoms with Gasteiger partial charge in [0.1, 0.15) is 34.6 Å². The standard InChI is InChI=1S/C77H92F2N2O4Si2/c1-46-23-28-64-58(32-46)59-42-54(86(15,16)17)25-29-65(59)80(64)68-38-50(76(11,12)44-74(5,6)7)36-60(70(68)82)62-40-52(78)34-48(3)72(62)84-30-21-31-85-73-49(4)35-53(79)41-63(73)61-37-51(77(13,14)45-75(8,9)10)39-69(71(61)83)81-66-33-47(2)22-26-56(66)57-27-24-55(43-67(57)81)87(18,19)20/h22-29,32-43,82-83H,21,30-31,44-45H2,1-20H3. The van der Waals surface area contributed by atoms with Crippen molar-refractivity contribution < 1.29 is 28.5 Å². The lowest BCUT2D eigenvalue weighted by atomic mass is 9.71. The maximum absolute atomic E-state index is 16.1. The first-order valence-electron chi connectivity index (χ1n) is 31.1. The fourth-order valence-electron chi connectivity index (χ4n) is 14.0. The first kappa shape index (κ1) is 62.9. The van der Waals surface area contributed by atoms with Crippen molar-refractivity contribution in [3.05, 3.63) is 166 Å². The molecule has 0 aliphatic carbocycles. The number of rotatable bonds is 16. The highest BCUT2D eigenvalue weighted by Crippen LogP contribution is 2.50. The molecular formula is C77H92F2N2O4Si2. The number of aromatic nitrogens is 2. The van der Waals surface area contributed by atoms with E-state index in [-0.39, 0.29) is 46.4 Å². The third-order valence-corrected chi connectivity index (χ3v) is 21.7. The van der Waals surface area contributed by atoms with Crippen LogP contribution in [0.5, 0.6) is 23.0 Å². The van der Waals surface area contributed by atoms with Crippen molar-refractivity contribution in [3.8, 4) is 56.6 Å². The number of ether oxygens (including phenoxy) is 2. The Morgan fingerprint density at radius 3 is 1.28 bits per heavy atom. The summed E-state index contributed by atoms with van der Waals surface area (Å²) in [6.45, 7) is 44.9. The number of benzene rings is 8. The maximum atomic E-state index is 16.1. The molecule has 0 aliphatic heterocycles. The predicted octanol–water partition coefficient (Wildman–Crippen LogP) is 20.5. The van der Waals surface area contributed by atoms with E-state index < -0.39 is 27.8 Å². The first-order valence-corrected chi connectivity index (χ1v) is 38.1. The third kappa shape index (κ3) is 12.5. The minimum Gasteiger partial charge on any atom is -0.505 e. The molecule has 0 saturated heterocycles. The Hall–Kier alpha value is -7.15. The van der Waals surface area contributed by atoms with Crippen LogP contribution in [0, 0.1) is 50.2 Å². The van der Waals surface area contributed by atoms with Crippen molar-refractivity contribution >= 4 is 70.1 Å². The highest BCUT2D eigenvalue weighted by atomic mass is 28.3. The molecule has 87 heavy (non-hydrogen) atoms. The van der Waals surface area contributed by atoms with Crippen molar-refractivity contribution in [3.63, 3.8) is 0 Å². The molecule has 6 nitrogen and oxygen atoms in total. The maximum Gasteiger partial charge on any atom is 0.147 e. The van der Waals surface area contributed by atoms with Crippen molar-refractivity contribution in [1.29, 1.82) is 0 Å². The summed E-state index contributed by atoms with van der Waals surface area (Å²) < 4.78 is 50.2. The van der Waals surface area contributed by atoms with Gasteiger partial charge in [0.15, 0.2) is 0 Å². The Balaban J connectivity index is 1.05. The van der Waals surface area contributed by atoms with Crippen LogP contribution in [0.3, 0.4) is 0 Å². The van der Waals surface area contributed by atoms with E-state index in [4.69, 9.17) is 9.47 Å². The van der Waals surface area contributed by atoms with Crippen LogP contribution in [-0.2, 0) is 10.8 Å². The second-order valence-electron chi connectivity index (χ2n) is 31.0. The summed E-state index contributed by atoms with van der Waals surface area (Å²) in [7, 11) is -3.48. The van der Waals surface area contributed by atoms with Gasteiger partial charge in [0, 0.05) is 50.2 Å². The van der Waals surface area contributed by atoms with Crippen molar-refractivity contribution in [2.75, 3.05) is 13.2 Å². The number of aryl methyl sites for hydroxylation is 4. The number of hydrogen-bond acceptors (Lipinski definition) is 4. The highest BCUT2D eigenvalue weighted by Gasteiger charge is 2.34. The number of nitrogens with zero attached hydrogens (tertiary/aromatic N) is 2. The Kier molecular flexibility index (Phi) is 16.2. The van der Waals surface area contributed by atoms with Gasteiger partial charge in [-0.25, -0.2) is 8.78 Å². The molecule has 0 aliphatic rings. The molecule has 456 valence electrons. The quantitative estimate of drug-likeness (QED) is 0.0747. The van der Waals surface area contributed by atoms with Gasteiger partial charge in [-0.2, -0.15) is 0 Å². The summed E-state index contributed by atoms with van der Waals surface area (Å²) in [5.41, 5.74) is 11.7. The largest absolute Gasteiger partial charge is 0.505 e. The van der Waals surface area contributed by atoms with Crippen LogP contribution in [0.2, 0.25) is 39.3 Å². The molecule has 8 aromatic carbocycles. The summed E-state index contributed by atoms with van der Waals surface area (Å²) in [5.74, 6) is 0.105. The summed E-state index contributed by atoms with van der Waals surface area (Å²) in [6, 6.07) is 40.9. The zero-order valence-corrected chi connectivity index (χ0v) is 57.4. The lowest BCUT2D eigenvalue weighted by Crippen LogP contribution is -2.37. The number of phenols is 2. The van der Waals surface area contributed by atoms with Crippen LogP contribution in [0.1, 0.15) is 122 Å². The molecule has 2 aromatic heterocycles. The minimum absolute atomic E-state index is 0.0262. The number of hydrogen-bond donors (Lipinski definition) is 2. The van der Waals surface area contributed by atoms with Crippen LogP contribution < -0.4 is 19.8 Å². The topological polar surface area (TPSA) is 68.8 Å². The zero-order valence-electron chi connectivity index (χ0n) is 55.4. The van der Waals surface area contributed by atoms with Gasteiger partial charge in [-0.3, -0.25) is 0 Å². The van der Waals surface area contributed by atoms with Gasteiger partial charge in [0.2, 0.25) is 0 Å². The normalized spacial score (nSPS) is 13.0. The van der Waals surface area contributed by atoms with E-state index in [0.717, 1.165) is 78.7 Å². The van der Waals surface area contributed by atoms with E-state index >= 15 is 8.78 Å². The number of aromatic hydroxyl groups is 2. The van der Waals surface area contributed by atoms with Crippen LogP contribution in [0.4, 0.5) is 8.78 Å². The molecule has 0 saturated carbocycles. The van der Waals surface area contributed by atoms with Gasteiger partial charge >= 0.3 is 0 Å². The van der Waals surface area contributed by atoms with E-state index in [1.165, 1.54) is 34.6 Å². The van der Waals surface area contributed by atoms with Gasteiger partial charge in [0.05, 0.1) is 62.8 Å². The van der Waals surface area contributed by atoms with E-state index in [0.29, 0.717) is 62.7 Å². The Morgan fingerprint density at radius 2 is 0.805 bits per heavy atom. The molecule has 0 amide bonds. The molecule has 0 atom stereocenters. The number of fused-ring (bicyclic) bond motifs is 6. The second-order valence-corrected chi connectivity index (χ2v) is 41.1. The Morgan fingerprint density at radius 1 is 0.414 bits per heavy atom. The van der Waals surface area contributed by atoms with Gasteiger partial charge < -0.3 is 28.8 Å². The predicted molar refractivity (Wildman–Crippen MR) is 370 cm³/mol. The lowest BCUT2D eigenvalue weighted by Gasteiger charge is -2.34. The van der Waals surface area contributed by atoms with Gasteiger partial charge in [-0.15, -0.1) is 0 Å². The summed E-state index contributed by atoms with van der Waals surface area (Å²) in [6.07, 6.45) is 2.09. The molecule has 0 spiro atoms. The lowest BCUT2D eigenvalue weighted by molar-refractivity contribution is 0.246. The molecule has 10 heteroatoms. The third-order valence-electron chi connectivity index (χ3n) is 17.6. The molecule has 10 rings (SSSR count).